The molecule has 2 saturated heterocycles. The highest BCUT2D eigenvalue weighted by Crippen LogP contribution is 2.43. The maximum Gasteiger partial charge on any atom is 0.0680 e. The highest BCUT2D eigenvalue weighted by molar-refractivity contribution is 4.99. The van der Waals surface area contributed by atoms with Gasteiger partial charge in [0.2, 0.25) is 0 Å². The van der Waals surface area contributed by atoms with Crippen molar-refractivity contribution in [2.24, 2.45) is 5.92 Å². The van der Waals surface area contributed by atoms with Gasteiger partial charge >= 0.3 is 0 Å². The fourth-order valence-corrected chi connectivity index (χ4v) is 3.46. The quantitative estimate of drug-likeness (QED) is 0.704. The first-order valence-electron chi connectivity index (χ1n) is 6.22. The first-order chi connectivity index (χ1) is 6.73. The Morgan fingerprint density at radius 1 is 1.07 bits per heavy atom. The number of fused-ring (bicyclic) bond motifs is 2. The van der Waals surface area contributed by atoms with Gasteiger partial charge in [-0.15, -0.1) is 0 Å². The molecule has 1 aliphatic carbocycles. The van der Waals surface area contributed by atoms with Crippen LogP contribution in [0.1, 0.15) is 51.4 Å². The molecule has 0 radical (unpaired) electrons. The minimum atomic E-state index is -0.303. The second-order valence-corrected chi connectivity index (χ2v) is 5.77. The van der Waals surface area contributed by atoms with Crippen molar-refractivity contribution in [2.75, 3.05) is 0 Å². The van der Waals surface area contributed by atoms with E-state index in [0.717, 1.165) is 25.2 Å². The SMILES string of the molecule is OC1(CC2CC2)CC2CCCC(C1)N2. The summed E-state index contributed by atoms with van der Waals surface area (Å²) in [6.45, 7) is 0. The van der Waals surface area contributed by atoms with Gasteiger partial charge in [0, 0.05) is 12.1 Å². The van der Waals surface area contributed by atoms with Crippen molar-refractivity contribution in [2.45, 2.75) is 69.1 Å². The average molecular weight is 195 g/mol. The summed E-state index contributed by atoms with van der Waals surface area (Å²) in [5.41, 5.74) is -0.303. The van der Waals surface area contributed by atoms with Gasteiger partial charge in [-0.05, 0) is 38.0 Å². The lowest BCUT2D eigenvalue weighted by atomic mass is 9.75. The van der Waals surface area contributed by atoms with E-state index in [1.54, 1.807) is 0 Å². The van der Waals surface area contributed by atoms with Crippen LogP contribution in [0.25, 0.3) is 0 Å². The van der Waals surface area contributed by atoms with Gasteiger partial charge in [-0.2, -0.15) is 0 Å². The van der Waals surface area contributed by atoms with E-state index in [9.17, 15) is 5.11 Å². The Kier molecular flexibility index (Phi) is 2.10. The van der Waals surface area contributed by atoms with E-state index >= 15 is 0 Å². The van der Waals surface area contributed by atoms with Crippen LogP contribution >= 0.6 is 0 Å². The van der Waals surface area contributed by atoms with Gasteiger partial charge in [0.15, 0.2) is 0 Å². The van der Waals surface area contributed by atoms with Gasteiger partial charge in [0.25, 0.3) is 0 Å². The van der Waals surface area contributed by atoms with Crippen molar-refractivity contribution in [3.05, 3.63) is 0 Å². The van der Waals surface area contributed by atoms with Gasteiger partial charge in [-0.3, -0.25) is 0 Å². The summed E-state index contributed by atoms with van der Waals surface area (Å²) in [5, 5.41) is 14.2. The smallest absolute Gasteiger partial charge is 0.0680 e. The Balaban J connectivity index is 1.67. The Morgan fingerprint density at radius 2 is 1.71 bits per heavy atom. The fraction of sp³-hybridized carbons (Fsp3) is 1.00. The van der Waals surface area contributed by atoms with Crippen LogP contribution in [0, 0.1) is 5.92 Å². The highest BCUT2D eigenvalue weighted by atomic mass is 16.3. The lowest BCUT2D eigenvalue weighted by molar-refractivity contribution is -0.0410. The third-order valence-corrected chi connectivity index (χ3v) is 4.19. The van der Waals surface area contributed by atoms with Crippen molar-refractivity contribution >= 4 is 0 Å². The molecule has 2 unspecified atom stereocenters. The van der Waals surface area contributed by atoms with Crippen LogP contribution in [-0.2, 0) is 0 Å². The van der Waals surface area contributed by atoms with Crippen LogP contribution in [0.2, 0.25) is 0 Å². The van der Waals surface area contributed by atoms with Gasteiger partial charge < -0.3 is 10.4 Å². The lowest BCUT2D eigenvalue weighted by Crippen LogP contribution is -2.55. The molecule has 2 nitrogen and oxygen atoms in total. The molecule has 0 aromatic heterocycles. The van der Waals surface area contributed by atoms with Crippen molar-refractivity contribution in [3.8, 4) is 0 Å². The standard InChI is InChI=1S/C12H21NO/c14-12(6-9-4-5-9)7-10-2-1-3-11(8-12)13-10/h9-11,13-14H,1-8H2. The molecule has 3 rings (SSSR count). The molecule has 2 N–H and O–H groups in total. The molecule has 0 aromatic carbocycles. The normalized spacial score (nSPS) is 47.8. The summed E-state index contributed by atoms with van der Waals surface area (Å²) in [6, 6.07) is 1.23. The number of nitrogens with one attached hydrogen (secondary N) is 1. The van der Waals surface area contributed by atoms with Crippen molar-refractivity contribution in [1.29, 1.82) is 0 Å². The van der Waals surface area contributed by atoms with E-state index < -0.39 is 0 Å². The monoisotopic (exact) mass is 195 g/mol. The predicted molar refractivity (Wildman–Crippen MR) is 56.1 cm³/mol. The fourth-order valence-electron chi connectivity index (χ4n) is 3.46. The minimum Gasteiger partial charge on any atom is -0.390 e. The van der Waals surface area contributed by atoms with E-state index in [4.69, 9.17) is 0 Å². The molecule has 0 amide bonds. The predicted octanol–water partition coefficient (Wildman–Crippen LogP) is 1.82. The number of piperidine rings is 2. The minimum absolute atomic E-state index is 0.303. The van der Waals surface area contributed by atoms with Crippen LogP contribution in [0.3, 0.4) is 0 Å². The molecule has 3 fully saturated rings. The lowest BCUT2D eigenvalue weighted by Gasteiger charge is -2.45. The summed E-state index contributed by atoms with van der Waals surface area (Å²) in [7, 11) is 0. The summed E-state index contributed by atoms with van der Waals surface area (Å²) < 4.78 is 0. The zero-order valence-corrected chi connectivity index (χ0v) is 8.84. The van der Waals surface area contributed by atoms with Crippen molar-refractivity contribution < 1.29 is 5.11 Å². The Hall–Kier alpha value is -0.0800. The Labute approximate surface area is 86.1 Å². The molecular formula is C12H21NO. The molecular weight excluding hydrogens is 174 g/mol. The molecule has 80 valence electrons. The zero-order chi connectivity index (χ0) is 9.60. The summed E-state index contributed by atoms with van der Waals surface area (Å²) in [5.74, 6) is 0.860. The molecule has 0 spiro atoms. The van der Waals surface area contributed by atoms with Crippen LogP contribution in [0.4, 0.5) is 0 Å². The number of hydrogen-bond acceptors (Lipinski definition) is 2. The van der Waals surface area contributed by atoms with Crippen molar-refractivity contribution in [3.63, 3.8) is 0 Å². The van der Waals surface area contributed by atoms with Gasteiger partial charge in [0.05, 0.1) is 5.60 Å². The number of hydrogen-bond donors (Lipinski definition) is 2. The largest absolute Gasteiger partial charge is 0.390 e. The molecule has 0 aromatic rings. The van der Waals surface area contributed by atoms with Crippen LogP contribution in [0.5, 0.6) is 0 Å². The molecule has 14 heavy (non-hydrogen) atoms. The summed E-state index contributed by atoms with van der Waals surface area (Å²) in [4.78, 5) is 0. The third kappa shape index (κ3) is 1.82. The molecule has 2 aliphatic heterocycles. The van der Waals surface area contributed by atoms with Crippen LogP contribution in [0.15, 0.2) is 0 Å². The van der Waals surface area contributed by atoms with E-state index in [1.165, 1.54) is 32.1 Å². The second-order valence-electron chi connectivity index (χ2n) is 5.77. The van der Waals surface area contributed by atoms with Gasteiger partial charge in [-0.1, -0.05) is 19.3 Å². The van der Waals surface area contributed by atoms with Gasteiger partial charge in [-0.25, -0.2) is 0 Å². The highest BCUT2D eigenvalue weighted by Gasteiger charge is 2.43. The number of rotatable bonds is 2. The molecule has 2 heteroatoms. The van der Waals surface area contributed by atoms with Gasteiger partial charge in [0.1, 0.15) is 0 Å². The van der Waals surface area contributed by atoms with E-state index in [-0.39, 0.29) is 5.60 Å². The molecule has 2 atom stereocenters. The average Bonchev–Trinajstić information content (AvgIpc) is 2.86. The van der Waals surface area contributed by atoms with Crippen LogP contribution in [-0.4, -0.2) is 22.8 Å². The Bertz CT molecular complexity index is 212. The van der Waals surface area contributed by atoms with Crippen molar-refractivity contribution in [1.82, 2.24) is 5.32 Å². The number of aliphatic hydroxyl groups is 1. The second kappa shape index (κ2) is 3.21. The first kappa shape index (κ1) is 9.17. The molecule has 3 aliphatic rings. The van der Waals surface area contributed by atoms with Crippen LogP contribution < -0.4 is 5.32 Å². The van der Waals surface area contributed by atoms with E-state index in [0.29, 0.717) is 12.1 Å². The topological polar surface area (TPSA) is 32.3 Å². The molecule has 1 saturated carbocycles. The maximum atomic E-state index is 10.5. The zero-order valence-electron chi connectivity index (χ0n) is 8.84. The molecule has 2 bridgehead atoms. The first-order valence-corrected chi connectivity index (χ1v) is 6.22. The Morgan fingerprint density at radius 3 is 2.29 bits per heavy atom. The molecule has 2 heterocycles. The van der Waals surface area contributed by atoms with E-state index in [2.05, 4.69) is 5.32 Å². The maximum absolute atomic E-state index is 10.5. The third-order valence-electron chi connectivity index (χ3n) is 4.19. The van der Waals surface area contributed by atoms with E-state index in [1.807, 2.05) is 0 Å². The summed E-state index contributed by atoms with van der Waals surface area (Å²) >= 11 is 0. The summed E-state index contributed by atoms with van der Waals surface area (Å²) in [6.07, 6.45) is 9.77.